The van der Waals surface area contributed by atoms with Gasteiger partial charge in [-0.1, -0.05) is 11.3 Å². The Bertz CT molecular complexity index is 285. The third kappa shape index (κ3) is 0.849. The molecule has 60 valence electrons. The number of nitrogens with two attached hydrogens (primary N) is 2. The lowest BCUT2D eigenvalue weighted by atomic mass is 10.5. The van der Waals surface area contributed by atoms with Crippen molar-refractivity contribution >= 4 is 21.3 Å². The summed E-state index contributed by atoms with van der Waals surface area (Å²) in [6.07, 6.45) is -0.350. The highest BCUT2D eigenvalue weighted by atomic mass is 32.1. The number of hydrogen-bond acceptors (Lipinski definition) is 5. The number of nitrogens with zero attached hydrogens (tertiary/aromatic N) is 1. The second-order valence-corrected chi connectivity index (χ2v) is 3.50. The highest BCUT2D eigenvalue weighted by Crippen LogP contribution is 2.43. The van der Waals surface area contributed by atoms with E-state index in [1.807, 2.05) is 11.9 Å². The van der Waals surface area contributed by atoms with Crippen LogP contribution in [0.5, 0.6) is 5.75 Å². The van der Waals surface area contributed by atoms with Crippen molar-refractivity contribution in [2.24, 2.45) is 5.73 Å². The van der Waals surface area contributed by atoms with Gasteiger partial charge < -0.3 is 15.4 Å². The van der Waals surface area contributed by atoms with Gasteiger partial charge in [0.05, 0.1) is 5.00 Å². The fraction of sp³-hybridized carbons (Fsp3) is 0.333. The molecule has 5 heteroatoms. The van der Waals surface area contributed by atoms with Gasteiger partial charge in [0, 0.05) is 13.1 Å². The maximum absolute atomic E-state index is 5.59. The molecule has 0 bridgehead atoms. The summed E-state index contributed by atoms with van der Waals surface area (Å²) in [6, 6.07) is 1.80. The molecule has 0 amide bonds. The number of thiophene rings is 1. The van der Waals surface area contributed by atoms with Gasteiger partial charge >= 0.3 is 0 Å². The van der Waals surface area contributed by atoms with Crippen LogP contribution in [0.1, 0.15) is 0 Å². The predicted molar refractivity (Wildman–Crippen MR) is 45.7 cm³/mol. The first-order chi connectivity index (χ1) is 5.18. The van der Waals surface area contributed by atoms with Crippen LogP contribution in [0.2, 0.25) is 0 Å². The van der Waals surface area contributed by atoms with Gasteiger partial charge in [0.15, 0.2) is 5.75 Å². The van der Waals surface area contributed by atoms with Gasteiger partial charge in [-0.25, -0.2) is 0 Å². The second kappa shape index (κ2) is 2.02. The Balaban J connectivity index is 2.44. The largest absolute Gasteiger partial charge is 0.454 e. The maximum atomic E-state index is 5.59. The van der Waals surface area contributed by atoms with Gasteiger partial charge in [-0.15, -0.1) is 0 Å². The molecule has 0 spiro atoms. The van der Waals surface area contributed by atoms with Crippen LogP contribution in [0.4, 0.5) is 10.0 Å². The standard InChI is InChI=1S/C6H9N3OS/c1-9-5-3(10-6(9)8)2-4(7)11-5/h2,6H,7-8H2,1H3. The van der Waals surface area contributed by atoms with Gasteiger partial charge in [-0.2, -0.15) is 0 Å². The van der Waals surface area contributed by atoms with Crippen molar-refractivity contribution in [2.75, 3.05) is 17.7 Å². The van der Waals surface area contributed by atoms with Gasteiger partial charge in [0.25, 0.3) is 0 Å². The zero-order valence-corrected chi connectivity index (χ0v) is 6.89. The van der Waals surface area contributed by atoms with Crippen molar-refractivity contribution in [1.29, 1.82) is 0 Å². The maximum Gasteiger partial charge on any atom is 0.228 e. The first kappa shape index (κ1) is 6.75. The van der Waals surface area contributed by atoms with E-state index in [9.17, 15) is 0 Å². The van der Waals surface area contributed by atoms with Crippen molar-refractivity contribution in [3.63, 3.8) is 0 Å². The fourth-order valence-electron chi connectivity index (χ4n) is 1.04. The monoisotopic (exact) mass is 171 g/mol. The normalized spacial score (nSPS) is 21.6. The van der Waals surface area contributed by atoms with Crippen LogP contribution < -0.4 is 21.1 Å². The molecule has 2 heterocycles. The van der Waals surface area contributed by atoms with Gasteiger partial charge in [0.1, 0.15) is 5.00 Å². The minimum Gasteiger partial charge on any atom is -0.454 e. The third-order valence-corrected chi connectivity index (χ3v) is 2.68. The molecule has 1 aromatic rings. The van der Waals surface area contributed by atoms with Gasteiger partial charge in [-0.05, 0) is 0 Å². The van der Waals surface area contributed by atoms with Crippen LogP contribution in [-0.2, 0) is 0 Å². The van der Waals surface area contributed by atoms with E-state index >= 15 is 0 Å². The van der Waals surface area contributed by atoms with Crippen molar-refractivity contribution in [3.05, 3.63) is 6.07 Å². The minimum absolute atomic E-state index is 0.350. The highest BCUT2D eigenvalue weighted by molar-refractivity contribution is 7.20. The van der Waals surface area contributed by atoms with E-state index in [4.69, 9.17) is 16.2 Å². The van der Waals surface area contributed by atoms with E-state index in [0.717, 1.165) is 15.8 Å². The molecule has 0 aliphatic carbocycles. The summed E-state index contributed by atoms with van der Waals surface area (Å²) < 4.78 is 5.27. The molecule has 1 aromatic heterocycles. The average molecular weight is 171 g/mol. The zero-order chi connectivity index (χ0) is 8.01. The molecule has 1 aliphatic heterocycles. The number of rotatable bonds is 0. The Morgan fingerprint density at radius 2 is 2.45 bits per heavy atom. The van der Waals surface area contributed by atoms with Crippen molar-refractivity contribution in [2.45, 2.75) is 6.35 Å². The van der Waals surface area contributed by atoms with Crippen molar-refractivity contribution in [3.8, 4) is 5.75 Å². The molecule has 0 saturated heterocycles. The van der Waals surface area contributed by atoms with E-state index < -0.39 is 0 Å². The summed E-state index contributed by atoms with van der Waals surface area (Å²) in [5.41, 5.74) is 11.2. The molecular weight excluding hydrogens is 162 g/mol. The summed E-state index contributed by atoms with van der Waals surface area (Å²) >= 11 is 1.49. The van der Waals surface area contributed by atoms with Crippen LogP contribution in [0.15, 0.2) is 6.07 Å². The van der Waals surface area contributed by atoms with Crippen LogP contribution in [0.25, 0.3) is 0 Å². The first-order valence-corrected chi connectivity index (χ1v) is 4.04. The first-order valence-electron chi connectivity index (χ1n) is 3.23. The Morgan fingerprint density at radius 3 is 3.09 bits per heavy atom. The summed E-state index contributed by atoms with van der Waals surface area (Å²) in [6.45, 7) is 0. The highest BCUT2D eigenvalue weighted by Gasteiger charge is 2.26. The van der Waals surface area contributed by atoms with Crippen molar-refractivity contribution in [1.82, 2.24) is 0 Å². The third-order valence-electron chi connectivity index (χ3n) is 1.65. The summed E-state index contributed by atoms with van der Waals surface area (Å²) in [5.74, 6) is 0.794. The van der Waals surface area contributed by atoms with E-state index in [0.29, 0.717) is 0 Å². The van der Waals surface area contributed by atoms with E-state index in [2.05, 4.69) is 0 Å². The van der Waals surface area contributed by atoms with E-state index in [1.54, 1.807) is 6.07 Å². The second-order valence-electron chi connectivity index (χ2n) is 2.44. The predicted octanol–water partition coefficient (Wildman–Crippen LogP) is 0.401. The van der Waals surface area contributed by atoms with Crippen molar-refractivity contribution < 1.29 is 4.74 Å². The van der Waals surface area contributed by atoms with Crippen LogP contribution in [0.3, 0.4) is 0 Å². The molecule has 1 unspecified atom stereocenters. The lowest BCUT2D eigenvalue weighted by molar-refractivity contribution is 0.238. The fourth-order valence-corrected chi connectivity index (χ4v) is 1.88. The van der Waals surface area contributed by atoms with E-state index in [1.165, 1.54) is 11.3 Å². The molecule has 1 aliphatic rings. The molecule has 0 saturated carbocycles. The Kier molecular flexibility index (Phi) is 1.24. The quantitative estimate of drug-likeness (QED) is 0.593. The SMILES string of the molecule is CN1c2sc(N)cc2OC1N. The molecule has 2 rings (SSSR count). The van der Waals surface area contributed by atoms with Crippen LogP contribution in [0, 0.1) is 0 Å². The number of nitrogen functional groups attached to an aromatic ring is 1. The smallest absolute Gasteiger partial charge is 0.228 e. The number of ether oxygens (including phenoxy) is 1. The average Bonchev–Trinajstić information content (AvgIpc) is 2.37. The Labute approximate surface area is 68.3 Å². The lowest BCUT2D eigenvalue weighted by Gasteiger charge is -2.14. The topological polar surface area (TPSA) is 64.5 Å². The molecule has 0 fully saturated rings. The number of fused-ring (bicyclic) bond motifs is 1. The molecule has 4 N–H and O–H groups in total. The summed E-state index contributed by atoms with van der Waals surface area (Å²) in [4.78, 5) is 1.86. The molecule has 11 heavy (non-hydrogen) atoms. The zero-order valence-electron chi connectivity index (χ0n) is 6.07. The minimum atomic E-state index is -0.350. The molecule has 1 atom stereocenters. The number of anilines is 2. The summed E-state index contributed by atoms with van der Waals surface area (Å²) in [7, 11) is 1.88. The molecule has 0 aromatic carbocycles. The summed E-state index contributed by atoms with van der Waals surface area (Å²) in [5, 5.41) is 1.77. The van der Waals surface area contributed by atoms with Crippen LogP contribution >= 0.6 is 11.3 Å². The molecular formula is C6H9N3OS. The van der Waals surface area contributed by atoms with E-state index in [-0.39, 0.29) is 6.35 Å². The van der Waals surface area contributed by atoms with Gasteiger partial charge in [-0.3, -0.25) is 5.73 Å². The Morgan fingerprint density at radius 1 is 1.73 bits per heavy atom. The van der Waals surface area contributed by atoms with Crippen LogP contribution in [-0.4, -0.2) is 13.4 Å². The Hall–Kier alpha value is -0.940. The molecule has 0 radical (unpaired) electrons. The van der Waals surface area contributed by atoms with Gasteiger partial charge in [0.2, 0.25) is 6.35 Å². The lowest BCUT2D eigenvalue weighted by Crippen LogP contribution is -2.39. The number of hydrogen-bond donors (Lipinski definition) is 2. The molecule has 4 nitrogen and oxygen atoms in total.